The number of aromatic nitrogens is 3. The van der Waals surface area contributed by atoms with Gasteiger partial charge >= 0.3 is 0 Å². The van der Waals surface area contributed by atoms with Crippen LogP contribution in [0.4, 0.5) is 10.1 Å². The largest absolute Gasteiger partial charge is 0.482 e. The maximum absolute atomic E-state index is 13.6. The van der Waals surface area contributed by atoms with Crippen LogP contribution in [0.2, 0.25) is 0 Å². The van der Waals surface area contributed by atoms with Crippen molar-refractivity contribution in [3.05, 3.63) is 65.7 Å². The Bertz CT molecular complexity index is 1030. The van der Waals surface area contributed by atoms with Crippen LogP contribution in [0.1, 0.15) is 17.8 Å². The molecule has 2 N–H and O–H groups in total. The third-order valence-electron chi connectivity index (χ3n) is 4.66. The van der Waals surface area contributed by atoms with Crippen molar-refractivity contribution < 1.29 is 13.9 Å². The van der Waals surface area contributed by atoms with Crippen LogP contribution in [0.15, 0.2) is 53.7 Å². The number of thioether (sulfide) groups is 1. The molecule has 0 saturated carbocycles. The molecule has 0 fully saturated rings. The van der Waals surface area contributed by atoms with E-state index in [0.29, 0.717) is 17.5 Å². The highest BCUT2D eigenvalue weighted by Gasteiger charge is 2.23. The van der Waals surface area contributed by atoms with Crippen molar-refractivity contribution in [2.24, 2.45) is 0 Å². The first-order valence-electron chi connectivity index (χ1n) is 9.21. The van der Waals surface area contributed by atoms with Crippen molar-refractivity contribution in [1.29, 1.82) is 0 Å². The van der Waals surface area contributed by atoms with Gasteiger partial charge in [-0.1, -0.05) is 42.1 Å². The molecule has 1 aromatic heterocycles. The van der Waals surface area contributed by atoms with E-state index in [-0.39, 0.29) is 24.0 Å². The summed E-state index contributed by atoms with van der Waals surface area (Å²) in [6.07, 6.45) is 1.92. The van der Waals surface area contributed by atoms with E-state index < -0.39 is 5.82 Å². The molecule has 0 radical (unpaired) electrons. The van der Waals surface area contributed by atoms with Crippen molar-refractivity contribution >= 4 is 23.4 Å². The van der Waals surface area contributed by atoms with Crippen LogP contribution in [0.3, 0.4) is 0 Å². The second-order valence-corrected chi connectivity index (χ2v) is 7.50. The van der Waals surface area contributed by atoms with Crippen LogP contribution >= 0.6 is 11.8 Å². The number of anilines is 1. The lowest BCUT2D eigenvalue weighted by Crippen LogP contribution is -2.36. The summed E-state index contributed by atoms with van der Waals surface area (Å²) in [6.45, 7) is 0.673. The third kappa shape index (κ3) is 4.19. The first-order valence-corrected chi connectivity index (χ1v) is 10.2. The van der Waals surface area contributed by atoms with Gasteiger partial charge in [0.15, 0.2) is 17.4 Å². The van der Waals surface area contributed by atoms with E-state index in [0.717, 1.165) is 18.5 Å². The zero-order valence-corrected chi connectivity index (χ0v) is 16.4. The van der Waals surface area contributed by atoms with Gasteiger partial charge in [0.05, 0.1) is 5.75 Å². The van der Waals surface area contributed by atoms with E-state index in [4.69, 9.17) is 10.6 Å². The smallest absolute Gasteiger partial charge is 0.237 e. The summed E-state index contributed by atoms with van der Waals surface area (Å²) >= 11 is 1.21. The molecule has 0 saturated heterocycles. The van der Waals surface area contributed by atoms with Crippen molar-refractivity contribution in [3.8, 4) is 5.75 Å². The number of aryl methyl sites for hydroxylation is 1. The molecule has 3 aromatic rings. The van der Waals surface area contributed by atoms with E-state index >= 15 is 0 Å². The highest BCUT2D eigenvalue weighted by atomic mass is 32.2. The fourth-order valence-electron chi connectivity index (χ4n) is 3.21. The number of hydrogen-bond donors (Lipinski definition) is 1. The minimum Gasteiger partial charge on any atom is -0.482 e. The minimum absolute atomic E-state index is 0.00527. The molecule has 0 aliphatic carbocycles. The molecule has 0 unspecified atom stereocenters. The number of fused-ring (bicyclic) bond motifs is 1. The summed E-state index contributed by atoms with van der Waals surface area (Å²) in [5.41, 5.74) is 2.16. The first-order chi connectivity index (χ1) is 14.1. The lowest BCUT2D eigenvalue weighted by molar-refractivity contribution is -0.116. The Hall–Kier alpha value is -3.07. The number of amides is 1. The van der Waals surface area contributed by atoms with Crippen molar-refractivity contribution in [3.63, 3.8) is 0 Å². The number of nitrogens with zero attached hydrogens (tertiary/aromatic N) is 4. The summed E-state index contributed by atoms with van der Waals surface area (Å²) in [6, 6.07) is 14.1. The number of hydrogen-bond acceptors (Lipinski definition) is 6. The number of carbonyl (C=O) groups excluding carboxylic acids is 1. The Kier molecular flexibility index (Phi) is 5.66. The fraction of sp³-hybridized carbons (Fsp3) is 0.250. The summed E-state index contributed by atoms with van der Waals surface area (Å²) in [7, 11) is 0. The van der Waals surface area contributed by atoms with Gasteiger partial charge in [-0.15, -0.1) is 10.2 Å². The average Bonchev–Trinajstić information content (AvgIpc) is 3.10. The number of carbonyl (C=O) groups is 1. The molecule has 0 bridgehead atoms. The van der Waals surface area contributed by atoms with Gasteiger partial charge < -0.3 is 15.5 Å². The molecular weight excluding hydrogens is 393 g/mol. The quantitative estimate of drug-likeness (QED) is 0.494. The number of halogens is 1. The lowest BCUT2D eigenvalue weighted by atomic mass is 10.0. The Labute approximate surface area is 171 Å². The number of nitrogen functional groups attached to an aromatic ring is 1. The zero-order valence-electron chi connectivity index (χ0n) is 15.6. The first kappa shape index (κ1) is 19.3. The topological polar surface area (TPSA) is 86.3 Å². The molecule has 1 aliphatic heterocycles. The maximum Gasteiger partial charge on any atom is 0.237 e. The van der Waals surface area contributed by atoms with Crippen LogP contribution in [-0.4, -0.2) is 33.1 Å². The number of rotatable bonds is 6. The molecule has 7 nitrogen and oxygen atoms in total. The van der Waals surface area contributed by atoms with Gasteiger partial charge in [0.1, 0.15) is 6.61 Å². The van der Waals surface area contributed by atoms with Gasteiger partial charge in [0, 0.05) is 12.2 Å². The van der Waals surface area contributed by atoms with E-state index in [9.17, 15) is 9.18 Å². The van der Waals surface area contributed by atoms with Gasteiger partial charge in [0.2, 0.25) is 11.1 Å². The molecule has 1 amide bonds. The van der Waals surface area contributed by atoms with Crippen LogP contribution in [0.5, 0.6) is 5.75 Å². The molecule has 9 heteroatoms. The maximum atomic E-state index is 13.6. The normalized spacial score (nSPS) is 13.2. The Balaban J connectivity index is 1.37. The fourth-order valence-corrected chi connectivity index (χ4v) is 3.96. The van der Waals surface area contributed by atoms with Crippen LogP contribution in [0, 0.1) is 5.82 Å². The van der Waals surface area contributed by atoms with E-state index in [1.54, 1.807) is 12.1 Å². The third-order valence-corrected chi connectivity index (χ3v) is 5.59. The predicted octanol–water partition coefficient (Wildman–Crippen LogP) is 2.78. The number of benzene rings is 2. The summed E-state index contributed by atoms with van der Waals surface area (Å²) in [4.78, 5) is 14.6. The van der Waals surface area contributed by atoms with Crippen LogP contribution in [0.25, 0.3) is 0 Å². The summed E-state index contributed by atoms with van der Waals surface area (Å²) in [5, 5.41) is 8.40. The standard InChI is InChI=1S/C20H20FN5O2S/c21-15-8-2-4-10-17(15)28-12-18-23-24-20(26(18)22)29-13-19(27)25-11-5-7-14-6-1-3-9-16(14)25/h1-4,6,8-10H,5,7,11-13,22H2. The Morgan fingerprint density at radius 1 is 1.17 bits per heavy atom. The summed E-state index contributed by atoms with van der Waals surface area (Å²) in [5.74, 6) is 6.20. The molecule has 29 heavy (non-hydrogen) atoms. The van der Waals surface area contributed by atoms with Gasteiger partial charge in [-0.05, 0) is 36.6 Å². The number of ether oxygens (including phenoxy) is 1. The number of para-hydroxylation sites is 2. The monoisotopic (exact) mass is 413 g/mol. The van der Waals surface area contributed by atoms with E-state index in [1.165, 1.54) is 34.1 Å². The zero-order chi connectivity index (χ0) is 20.2. The van der Waals surface area contributed by atoms with Crippen molar-refractivity contribution in [1.82, 2.24) is 14.9 Å². The Morgan fingerprint density at radius 3 is 2.83 bits per heavy atom. The molecular formula is C20H20FN5O2S. The second kappa shape index (κ2) is 8.52. The van der Waals surface area contributed by atoms with Gasteiger partial charge in [-0.2, -0.15) is 0 Å². The molecule has 150 valence electrons. The highest BCUT2D eigenvalue weighted by molar-refractivity contribution is 7.99. The van der Waals surface area contributed by atoms with Crippen molar-refractivity contribution in [2.75, 3.05) is 23.0 Å². The minimum atomic E-state index is -0.461. The van der Waals surface area contributed by atoms with Crippen LogP contribution < -0.4 is 15.5 Å². The highest BCUT2D eigenvalue weighted by Crippen LogP contribution is 2.28. The van der Waals surface area contributed by atoms with Crippen molar-refractivity contribution in [2.45, 2.75) is 24.6 Å². The summed E-state index contributed by atoms with van der Waals surface area (Å²) < 4.78 is 20.3. The molecule has 1 aliphatic rings. The van der Waals surface area contributed by atoms with Gasteiger partial charge in [-0.25, -0.2) is 9.07 Å². The average molecular weight is 413 g/mol. The SMILES string of the molecule is Nn1c(COc2ccccc2F)nnc1SCC(=O)N1CCCc2ccccc21. The van der Waals surface area contributed by atoms with Crippen LogP contribution in [-0.2, 0) is 17.8 Å². The van der Waals surface area contributed by atoms with Gasteiger partial charge in [-0.3, -0.25) is 4.79 Å². The molecule has 4 rings (SSSR count). The molecule has 2 heterocycles. The lowest BCUT2D eigenvalue weighted by Gasteiger charge is -2.29. The molecule has 0 spiro atoms. The Morgan fingerprint density at radius 2 is 1.97 bits per heavy atom. The predicted molar refractivity (Wildman–Crippen MR) is 109 cm³/mol. The molecule has 0 atom stereocenters. The van der Waals surface area contributed by atoms with E-state index in [2.05, 4.69) is 16.3 Å². The van der Waals surface area contributed by atoms with Gasteiger partial charge in [0.25, 0.3) is 0 Å². The number of nitrogens with two attached hydrogens (primary N) is 1. The van der Waals surface area contributed by atoms with E-state index in [1.807, 2.05) is 23.1 Å². The molecule has 2 aromatic carbocycles. The second-order valence-electron chi connectivity index (χ2n) is 6.55.